The lowest BCUT2D eigenvalue weighted by atomic mass is 10.1. The highest BCUT2D eigenvalue weighted by molar-refractivity contribution is 6.01. The van der Waals surface area contributed by atoms with E-state index >= 15 is 0 Å². The van der Waals surface area contributed by atoms with Crippen LogP contribution >= 0.6 is 0 Å². The molecule has 1 atom stereocenters. The Bertz CT molecular complexity index is 1030. The maximum absolute atomic E-state index is 13.1. The lowest BCUT2D eigenvalue weighted by Crippen LogP contribution is -2.45. The molecule has 9 nitrogen and oxygen atoms in total. The van der Waals surface area contributed by atoms with Crippen LogP contribution in [0.1, 0.15) is 56.8 Å². The van der Waals surface area contributed by atoms with Gasteiger partial charge in [0.15, 0.2) is 0 Å². The Morgan fingerprint density at radius 2 is 2.00 bits per heavy atom. The van der Waals surface area contributed by atoms with Crippen molar-refractivity contribution in [2.45, 2.75) is 57.9 Å². The quantitative estimate of drug-likeness (QED) is 0.443. The average molecular weight is 413 g/mol. The molecule has 1 aliphatic rings. The van der Waals surface area contributed by atoms with E-state index in [1.165, 1.54) is 4.57 Å². The van der Waals surface area contributed by atoms with Gasteiger partial charge in [-0.05, 0) is 44.9 Å². The summed E-state index contributed by atoms with van der Waals surface area (Å²) in [5.41, 5.74) is 5.96. The highest BCUT2D eigenvalue weighted by Gasteiger charge is 2.30. The Hall–Kier alpha value is -3.07. The number of benzene rings is 1. The second-order valence-corrected chi connectivity index (χ2v) is 7.50. The van der Waals surface area contributed by atoms with Gasteiger partial charge in [-0.25, -0.2) is 4.98 Å². The number of rotatable bonds is 8. The molecule has 0 spiro atoms. The van der Waals surface area contributed by atoms with E-state index in [-0.39, 0.29) is 30.2 Å². The van der Waals surface area contributed by atoms with Crippen molar-refractivity contribution in [3.05, 3.63) is 34.4 Å². The summed E-state index contributed by atoms with van der Waals surface area (Å²) in [6, 6.07) is 4.22. The fourth-order valence-electron chi connectivity index (χ4n) is 3.72. The molecule has 1 aromatic heterocycles. The number of nitrogens with zero attached hydrogens (tertiary/aromatic N) is 2. The highest BCUT2D eigenvalue weighted by atomic mass is 16.2. The number of carbonyl (C=O) groups excluding carboxylic acids is 3. The molecule has 1 saturated heterocycles. The minimum absolute atomic E-state index is 0.135. The molecular weight excluding hydrogens is 386 g/mol. The number of imide groups is 1. The maximum Gasteiger partial charge on any atom is 0.262 e. The topological polar surface area (TPSA) is 136 Å². The lowest BCUT2D eigenvalue weighted by Gasteiger charge is -2.24. The zero-order valence-corrected chi connectivity index (χ0v) is 17.1. The van der Waals surface area contributed by atoms with E-state index in [0.717, 1.165) is 25.7 Å². The second kappa shape index (κ2) is 9.62. The van der Waals surface area contributed by atoms with E-state index in [9.17, 15) is 19.2 Å². The van der Waals surface area contributed by atoms with Crippen molar-refractivity contribution in [2.75, 3.05) is 11.9 Å². The van der Waals surface area contributed by atoms with Gasteiger partial charge in [-0.3, -0.25) is 29.1 Å². The molecule has 0 radical (unpaired) electrons. The minimum Gasteiger partial charge on any atom is -0.330 e. The number of piperidine rings is 1. The van der Waals surface area contributed by atoms with Crippen LogP contribution in [0.25, 0.3) is 10.9 Å². The monoisotopic (exact) mass is 413 g/mol. The third-order valence-electron chi connectivity index (χ3n) is 5.26. The second-order valence-electron chi connectivity index (χ2n) is 7.50. The van der Waals surface area contributed by atoms with Crippen molar-refractivity contribution in [3.63, 3.8) is 0 Å². The Balaban J connectivity index is 1.84. The first kappa shape index (κ1) is 21.6. The van der Waals surface area contributed by atoms with Crippen LogP contribution in [0.4, 0.5) is 5.69 Å². The smallest absolute Gasteiger partial charge is 0.262 e. The first-order valence-corrected chi connectivity index (χ1v) is 10.3. The van der Waals surface area contributed by atoms with Gasteiger partial charge in [0.25, 0.3) is 5.56 Å². The molecule has 4 N–H and O–H groups in total. The number of aryl methyl sites for hydroxylation is 1. The molecule has 9 heteroatoms. The van der Waals surface area contributed by atoms with Crippen molar-refractivity contribution >= 4 is 34.3 Å². The van der Waals surface area contributed by atoms with Crippen LogP contribution in [0.2, 0.25) is 0 Å². The number of hydrogen-bond donors (Lipinski definition) is 3. The van der Waals surface area contributed by atoms with Gasteiger partial charge >= 0.3 is 0 Å². The van der Waals surface area contributed by atoms with Gasteiger partial charge in [0.05, 0.1) is 11.1 Å². The molecule has 0 bridgehead atoms. The van der Waals surface area contributed by atoms with E-state index in [4.69, 9.17) is 5.73 Å². The van der Waals surface area contributed by atoms with Crippen LogP contribution in [-0.4, -0.2) is 33.8 Å². The third-order valence-corrected chi connectivity index (χ3v) is 5.26. The van der Waals surface area contributed by atoms with Gasteiger partial charge in [0.1, 0.15) is 17.4 Å². The van der Waals surface area contributed by atoms with Gasteiger partial charge < -0.3 is 11.1 Å². The summed E-state index contributed by atoms with van der Waals surface area (Å²) in [4.78, 5) is 53.6. The number of hydrogen-bond acceptors (Lipinski definition) is 6. The highest BCUT2D eigenvalue weighted by Crippen LogP contribution is 2.23. The molecule has 0 saturated carbocycles. The zero-order chi connectivity index (χ0) is 21.7. The summed E-state index contributed by atoms with van der Waals surface area (Å²) in [7, 11) is 0. The van der Waals surface area contributed by atoms with E-state index in [0.29, 0.717) is 35.4 Å². The number of para-hydroxylation sites is 1. The molecule has 30 heavy (non-hydrogen) atoms. The molecule has 0 aliphatic carbocycles. The third kappa shape index (κ3) is 4.73. The standard InChI is InChI=1S/C21H27N5O4/c1-13-23-19-14(21(30)26(13)16-10-11-18(28)25-20(16)29)7-6-8-15(19)24-17(27)9-4-2-3-5-12-22/h6-8,16H,2-5,9-12,22H2,1H3,(H,24,27)(H,25,28,29). The molecule has 2 aromatic rings. The Kier molecular flexibility index (Phi) is 6.94. The molecule has 1 fully saturated rings. The predicted octanol–water partition coefficient (Wildman–Crippen LogP) is 1.53. The van der Waals surface area contributed by atoms with Crippen LogP contribution in [0.15, 0.2) is 23.0 Å². The van der Waals surface area contributed by atoms with Gasteiger partial charge in [-0.1, -0.05) is 18.9 Å². The van der Waals surface area contributed by atoms with Crippen molar-refractivity contribution in [1.82, 2.24) is 14.9 Å². The van der Waals surface area contributed by atoms with Crippen molar-refractivity contribution in [3.8, 4) is 0 Å². The first-order chi connectivity index (χ1) is 14.4. The summed E-state index contributed by atoms with van der Waals surface area (Å²) >= 11 is 0. The normalized spacial score (nSPS) is 16.5. The average Bonchev–Trinajstić information content (AvgIpc) is 2.70. The number of nitrogens with two attached hydrogens (primary N) is 1. The molecule has 1 aromatic carbocycles. The van der Waals surface area contributed by atoms with E-state index in [2.05, 4.69) is 15.6 Å². The zero-order valence-electron chi connectivity index (χ0n) is 17.1. The summed E-state index contributed by atoms with van der Waals surface area (Å²) in [6.07, 6.45) is 4.46. The Morgan fingerprint density at radius 3 is 2.73 bits per heavy atom. The van der Waals surface area contributed by atoms with Crippen molar-refractivity contribution < 1.29 is 14.4 Å². The molecule has 160 valence electrons. The fourth-order valence-corrected chi connectivity index (χ4v) is 3.72. The van der Waals surface area contributed by atoms with Crippen molar-refractivity contribution in [1.29, 1.82) is 0 Å². The number of fused-ring (bicyclic) bond motifs is 1. The van der Waals surface area contributed by atoms with Crippen LogP contribution in [0.5, 0.6) is 0 Å². The van der Waals surface area contributed by atoms with Crippen LogP contribution in [0.3, 0.4) is 0 Å². The molecule has 3 rings (SSSR count). The molecule has 3 amide bonds. The fraction of sp³-hybridized carbons (Fsp3) is 0.476. The summed E-state index contributed by atoms with van der Waals surface area (Å²) in [5, 5.41) is 5.43. The van der Waals surface area contributed by atoms with Gasteiger partial charge in [0.2, 0.25) is 17.7 Å². The number of nitrogens with one attached hydrogen (secondary N) is 2. The molecule has 1 unspecified atom stereocenters. The first-order valence-electron chi connectivity index (χ1n) is 10.3. The SMILES string of the molecule is Cc1nc2c(NC(=O)CCCCCCN)cccc2c(=O)n1C1CCC(=O)NC1=O. The number of unbranched alkanes of at least 4 members (excludes halogenated alkanes) is 3. The van der Waals surface area contributed by atoms with E-state index < -0.39 is 11.9 Å². The number of amides is 3. The summed E-state index contributed by atoms with van der Waals surface area (Å²) in [6.45, 7) is 2.30. The van der Waals surface area contributed by atoms with Crippen molar-refractivity contribution in [2.24, 2.45) is 5.73 Å². The van der Waals surface area contributed by atoms with Crippen LogP contribution in [-0.2, 0) is 14.4 Å². The van der Waals surface area contributed by atoms with Crippen LogP contribution < -0.4 is 21.9 Å². The van der Waals surface area contributed by atoms with Gasteiger partial charge in [-0.15, -0.1) is 0 Å². The van der Waals surface area contributed by atoms with Gasteiger partial charge in [-0.2, -0.15) is 0 Å². The Morgan fingerprint density at radius 1 is 1.23 bits per heavy atom. The Labute approximate surface area is 174 Å². The number of carbonyl (C=O) groups is 3. The molecule has 1 aliphatic heterocycles. The molecular formula is C21H27N5O4. The largest absolute Gasteiger partial charge is 0.330 e. The maximum atomic E-state index is 13.1. The summed E-state index contributed by atoms with van der Waals surface area (Å²) < 4.78 is 1.33. The van der Waals surface area contributed by atoms with E-state index in [1.807, 2.05) is 0 Å². The van der Waals surface area contributed by atoms with Crippen LogP contribution in [0, 0.1) is 6.92 Å². The van der Waals surface area contributed by atoms with E-state index in [1.54, 1.807) is 25.1 Å². The van der Waals surface area contributed by atoms with Gasteiger partial charge in [0, 0.05) is 12.8 Å². The molecule has 2 heterocycles. The number of anilines is 1. The summed E-state index contributed by atoms with van der Waals surface area (Å²) in [5.74, 6) is -0.630. The minimum atomic E-state index is -0.779. The lowest BCUT2D eigenvalue weighted by molar-refractivity contribution is -0.135. The number of aromatic nitrogens is 2. The predicted molar refractivity (Wildman–Crippen MR) is 113 cm³/mol.